The minimum atomic E-state index is 0.695. The molecule has 0 saturated heterocycles. The van der Waals surface area contributed by atoms with E-state index in [9.17, 15) is 0 Å². The number of rotatable bonds is 10. The quantitative estimate of drug-likeness (QED) is 0.132. The van der Waals surface area contributed by atoms with Crippen LogP contribution in [0.15, 0.2) is 85.5 Å². The zero-order valence-electron chi connectivity index (χ0n) is 21.5. The SMILES string of the molecule is COc1ccc2nc3cc(Cl)ccc3c(NCCCCCC[n+]3ccc(-c4cc[n+](C)cc4)cc3)c2c1. The monoisotopic (exact) mass is 512 g/mol. The molecule has 0 atom stereocenters. The van der Waals surface area contributed by atoms with Crippen LogP contribution in [0.4, 0.5) is 5.69 Å². The third-order valence-corrected chi connectivity index (χ3v) is 7.03. The summed E-state index contributed by atoms with van der Waals surface area (Å²) in [5.74, 6) is 0.828. The molecule has 0 unspecified atom stereocenters. The second-order valence-electron chi connectivity index (χ2n) is 9.45. The van der Waals surface area contributed by atoms with Gasteiger partial charge in [0.2, 0.25) is 0 Å². The molecule has 6 heteroatoms. The lowest BCUT2D eigenvalue weighted by Gasteiger charge is -2.14. The van der Waals surface area contributed by atoms with Gasteiger partial charge >= 0.3 is 0 Å². The van der Waals surface area contributed by atoms with Crippen LogP contribution >= 0.6 is 11.6 Å². The molecule has 37 heavy (non-hydrogen) atoms. The van der Waals surface area contributed by atoms with Crippen LogP contribution in [0.25, 0.3) is 32.9 Å². The van der Waals surface area contributed by atoms with Crippen LogP contribution in [0.3, 0.4) is 0 Å². The number of methoxy groups -OCH3 is 1. The Balaban J connectivity index is 1.14. The van der Waals surface area contributed by atoms with Gasteiger partial charge in [0.25, 0.3) is 0 Å². The van der Waals surface area contributed by atoms with Gasteiger partial charge in [0, 0.05) is 53.0 Å². The van der Waals surface area contributed by atoms with Crippen molar-refractivity contribution in [3.05, 3.63) is 90.5 Å². The summed E-state index contributed by atoms with van der Waals surface area (Å²) in [6.45, 7) is 1.95. The van der Waals surface area contributed by atoms with Crippen LogP contribution in [0.5, 0.6) is 5.75 Å². The summed E-state index contributed by atoms with van der Waals surface area (Å²) in [5, 5.41) is 6.53. The number of aryl methyl sites for hydroxylation is 2. The average molecular weight is 513 g/mol. The predicted molar refractivity (Wildman–Crippen MR) is 151 cm³/mol. The van der Waals surface area contributed by atoms with Gasteiger partial charge < -0.3 is 10.1 Å². The Morgan fingerprint density at radius 1 is 0.784 bits per heavy atom. The van der Waals surface area contributed by atoms with Crippen molar-refractivity contribution >= 4 is 39.1 Å². The summed E-state index contributed by atoms with van der Waals surface area (Å²) >= 11 is 6.25. The smallest absolute Gasteiger partial charge is 0.169 e. The zero-order chi connectivity index (χ0) is 25.6. The second-order valence-corrected chi connectivity index (χ2v) is 9.89. The highest BCUT2D eigenvalue weighted by Gasteiger charge is 2.11. The summed E-state index contributed by atoms with van der Waals surface area (Å²) in [6.07, 6.45) is 13.2. The molecule has 0 aliphatic carbocycles. The number of hydrogen-bond acceptors (Lipinski definition) is 3. The Morgan fingerprint density at radius 2 is 1.51 bits per heavy atom. The van der Waals surface area contributed by atoms with Gasteiger partial charge in [-0.15, -0.1) is 0 Å². The minimum absolute atomic E-state index is 0.695. The van der Waals surface area contributed by atoms with Crippen molar-refractivity contribution in [2.24, 2.45) is 7.05 Å². The van der Waals surface area contributed by atoms with Crippen molar-refractivity contribution in [2.75, 3.05) is 19.0 Å². The number of ether oxygens (including phenoxy) is 1. The molecule has 3 aromatic heterocycles. The Labute approximate surface area is 223 Å². The van der Waals surface area contributed by atoms with Gasteiger partial charge in [-0.3, -0.25) is 0 Å². The van der Waals surface area contributed by atoms with E-state index in [1.54, 1.807) is 7.11 Å². The first kappa shape index (κ1) is 25.0. The maximum absolute atomic E-state index is 6.25. The molecule has 5 rings (SSSR count). The first-order chi connectivity index (χ1) is 18.1. The number of nitrogens with zero attached hydrogens (tertiary/aromatic N) is 3. The van der Waals surface area contributed by atoms with Crippen LogP contribution in [0.1, 0.15) is 25.7 Å². The van der Waals surface area contributed by atoms with E-state index < -0.39 is 0 Å². The van der Waals surface area contributed by atoms with Crippen molar-refractivity contribution in [3.8, 4) is 16.9 Å². The van der Waals surface area contributed by atoms with E-state index in [1.807, 2.05) is 37.4 Å². The fourth-order valence-electron chi connectivity index (χ4n) is 4.69. The summed E-state index contributed by atoms with van der Waals surface area (Å²) in [6, 6.07) is 20.6. The normalized spacial score (nSPS) is 11.2. The van der Waals surface area contributed by atoms with Crippen LogP contribution in [-0.4, -0.2) is 18.6 Å². The molecule has 0 aliphatic rings. The lowest BCUT2D eigenvalue weighted by molar-refractivity contribution is -0.697. The lowest BCUT2D eigenvalue weighted by Crippen LogP contribution is -2.32. The zero-order valence-corrected chi connectivity index (χ0v) is 22.2. The molecule has 5 nitrogen and oxygen atoms in total. The van der Waals surface area contributed by atoms with Gasteiger partial charge in [0.15, 0.2) is 24.8 Å². The Kier molecular flexibility index (Phi) is 7.81. The van der Waals surface area contributed by atoms with E-state index in [-0.39, 0.29) is 0 Å². The number of benzene rings is 2. The van der Waals surface area contributed by atoms with Gasteiger partial charge in [-0.05, 0) is 60.4 Å². The number of fused-ring (bicyclic) bond motifs is 2. The maximum Gasteiger partial charge on any atom is 0.169 e. The highest BCUT2D eigenvalue weighted by Crippen LogP contribution is 2.34. The van der Waals surface area contributed by atoms with E-state index in [4.69, 9.17) is 21.3 Å². The van der Waals surface area contributed by atoms with Gasteiger partial charge in [-0.2, -0.15) is 0 Å². The molecule has 0 saturated carbocycles. The van der Waals surface area contributed by atoms with Crippen LogP contribution in [0, 0.1) is 0 Å². The number of hydrogen-bond donors (Lipinski definition) is 1. The molecule has 0 bridgehead atoms. The molecule has 5 aromatic rings. The molecule has 0 spiro atoms. The summed E-state index contributed by atoms with van der Waals surface area (Å²) in [4.78, 5) is 4.81. The summed E-state index contributed by atoms with van der Waals surface area (Å²) in [5.41, 5.74) is 5.42. The summed E-state index contributed by atoms with van der Waals surface area (Å²) in [7, 11) is 3.73. The van der Waals surface area contributed by atoms with Crippen LogP contribution in [-0.2, 0) is 13.6 Å². The third kappa shape index (κ3) is 6.00. The maximum atomic E-state index is 6.25. The predicted octanol–water partition coefficient (Wildman–Crippen LogP) is 6.50. The highest BCUT2D eigenvalue weighted by atomic mass is 35.5. The lowest BCUT2D eigenvalue weighted by atomic mass is 10.1. The molecule has 3 heterocycles. The number of pyridine rings is 3. The number of aromatic nitrogens is 3. The van der Waals surface area contributed by atoms with E-state index in [0.717, 1.165) is 52.8 Å². The molecule has 0 amide bonds. The largest absolute Gasteiger partial charge is 0.497 e. The van der Waals surface area contributed by atoms with Crippen molar-refractivity contribution in [3.63, 3.8) is 0 Å². The van der Waals surface area contributed by atoms with Crippen molar-refractivity contribution < 1.29 is 13.9 Å². The molecule has 1 N–H and O–H groups in total. The molecular formula is C31H33ClN4O+2. The Morgan fingerprint density at radius 3 is 2.27 bits per heavy atom. The fraction of sp³-hybridized carbons (Fsp3) is 0.258. The van der Waals surface area contributed by atoms with Crippen LogP contribution in [0.2, 0.25) is 5.02 Å². The molecular weight excluding hydrogens is 480 g/mol. The Hall–Kier alpha value is -3.70. The van der Waals surface area contributed by atoms with E-state index >= 15 is 0 Å². The van der Waals surface area contributed by atoms with E-state index in [0.29, 0.717) is 5.02 Å². The fourth-order valence-corrected chi connectivity index (χ4v) is 4.86. The number of anilines is 1. The Bertz CT molecular complexity index is 1500. The summed E-state index contributed by atoms with van der Waals surface area (Å²) < 4.78 is 9.80. The first-order valence-corrected chi connectivity index (χ1v) is 13.2. The molecule has 0 aliphatic heterocycles. The van der Waals surface area contributed by atoms with Crippen LogP contribution < -0.4 is 19.2 Å². The standard InChI is InChI=1S/C31H33ClN4O/c1-35-17-11-23(12-18-35)24-13-19-36(20-14-24)16-6-4-3-5-15-33-31-27-9-7-25(32)21-30(27)34-29-10-8-26(37-2)22-28(29)31/h7-14,17-22H,3-6,15-16H2,1-2H3,(H,33,34)/q+2. The molecule has 0 fully saturated rings. The number of halogens is 1. The first-order valence-electron chi connectivity index (χ1n) is 12.9. The number of nitrogens with one attached hydrogen (secondary N) is 1. The topological polar surface area (TPSA) is 41.9 Å². The molecule has 0 radical (unpaired) electrons. The molecule has 2 aromatic carbocycles. The van der Waals surface area contributed by atoms with Gasteiger partial charge in [0.1, 0.15) is 19.3 Å². The van der Waals surface area contributed by atoms with E-state index in [2.05, 4.69) is 69.6 Å². The van der Waals surface area contributed by atoms with Crippen molar-refractivity contribution in [1.82, 2.24) is 4.98 Å². The van der Waals surface area contributed by atoms with Gasteiger partial charge in [0.05, 0.1) is 23.8 Å². The van der Waals surface area contributed by atoms with Crippen molar-refractivity contribution in [2.45, 2.75) is 32.2 Å². The highest BCUT2D eigenvalue weighted by molar-refractivity contribution is 6.31. The van der Waals surface area contributed by atoms with E-state index in [1.165, 1.54) is 30.4 Å². The second kappa shape index (κ2) is 11.6. The minimum Gasteiger partial charge on any atom is -0.497 e. The third-order valence-electron chi connectivity index (χ3n) is 6.79. The van der Waals surface area contributed by atoms with Gasteiger partial charge in [-0.25, -0.2) is 14.1 Å². The molecule has 188 valence electrons. The number of unbranched alkanes of at least 4 members (excludes halogenated alkanes) is 3. The van der Waals surface area contributed by atoms with Gasteiger partial charge in [-0.1, -0.05) is 18.0 Å². The van der Waals surface area contributed by atoms with Crippen molar-refractivity contribution in [1.29, 1.82) is 0 Å². The average Bonchev–Trinajstić information content (AvgIpc) is 2.92.